The van der Waals surface area contributed by atoms with Gasteiger partial charge in [-0.25, -0.2) is 9.50 Å². The highest BCUT2D eigenvalue weighted by atomic mass is 16.5. The SMILES string of the molecule is Cc1cc2ncc(C(=O)N3CCOC[C@H](O)C3)c(=O)n2[nH]1. The lowest BCUT2D eigenvalue weighted by molar-refractivity contribution is 0.0533. The van der Waals surface area contributed by atoms with Gasteiger partial charge in [0.15, 0.2) is 5.65 Å². The van der Waals surface area contributed by atoms with Crippen molar-refractivity contribution in [2.75, 3.05) is 26.3 Å². The molecule has 0 bridgehead atoms. The Bertz CT molecular complexity index is 735. The predicted octanol–water partition coefficient (Wildman–Crippen LogP) is -0.836. The Morgan fingerprint density at radius 2 is 2.38 bits per heavy atom. The van der Waals surface area contributed by atoms with E-state index in [-0.39, 0.29) is 18.7 Å². The molecule has 21 heavy (non-hydrogen) atoms. The molecule has 112 valence electrons. The first-order valence-electron chi connectivity index (χ1n) is 6.69. The van der Waals surface area contributed by atoms with Crippen molar-refractivity contribution < 1.29 is 14.6 Å². The van der Waals surface area contributed by atoms with Crippen molar-refractivity contribution in [2.24, 2.45) is 0 Å². The van der Waals surface area contributed by atoms with E-state index >= 15 is 0 Å². The molecule has 1 atom stereocenters. The number of aliphatic hydroxyl groups is 1. The zero-order valence-electron chi connectivity index (χ0n) is 11.6. The number of amides is 1. The second kappa shape index (κ2) is 5.30. The predicted molar refractivity (Wildman–Crippen MR) is 73.3 cm³/mol. The molecule has 0 aliphatic carbocycles. The molecule has 3 heterocycles. The summed E-state index contributed by atoms with van der Waals surface area (Å²) in [6.07, 6.45) is 0.537. The zero-order chi connectivity index (χ0) is 15.0. The number of aromatic amines is 1. The van der Waals surface area contributed by atoms with Crippen LogP contribution in [-0.2, 0) is 4.74 Å². The number of hydrogen-bond donors (Lipinski definition) is 2. The Balaban J connectivity index is 1.97. The monoisotopic (exact) mass is 292 g/mol. The second-order valence-electron chi connectivity index (χ2n) is 5.09. The molecular formula is C13H16N4O4. The highest BCUT2D eigenvalue weighted by Gasteiger charge is 2.24. The average Bonchev–Trinajstić information content (AvgIpc) is 2.69. The highest BCUT2D eigenvalue weighted by molar-refractivity contribution is 5.93. The molecule has 3 rings (SSSR count). The number of β-amino-alcohol motifs (C(OH)–C–C–N with tert-alkyl or cyclic N) is 1. The third kappa shape index (κ3) is 2.55. The van der Waals surface area contributed by atoms with Crippen molar-refractivity contribution in [1.82, 2.24) is 19.5 Å². The molecule has 0 unspecified atom stereocenters. The van der Waals surface area contributed by atoms with E-state index in [9.17, 15) is 14.7 Å². The first-order valence-corrected chi connectivity index (χ1v) is 6.69. The maximum atomic E-state index is 12.5. The zero-order valence-corrected chi connectivity index (χ0v) is 11.6. The summed E-state index contributed by atoms with van der Waals surface area (Å²) in [5.41, 5.74) is 0.775. The van der Waals surface area contributed by atoms with Gasteiger partial charge in [0, 0.05) is 31.0 Å². The van der Waals surface area contributed by atoms with E-state index < -0.39 is 17.6 Å². The van der Waals surface area contributed by atoms with Gasteiger partial charge in [-0.3, -0.25) is 14.7 Å². The molecule has 1 saturated heterocycles. The summed E-state index contributed by atoms with van der Waals surface area (Å²) in [6, 6.07) is 1.72. The van der Waals surface area contributed by atoms with Gasteiger partial charge < -0.3 is 14.7 Å². The largest absolute Gasteiger partial charge is 0.389 e. The Hall–Kier alpha value is -2.19. The number of carbonyl (C=O) groups excluding carboxylic acids is 1. The number of carbonyl (C=O) groups is 1. The van der Waals surface area contributed by atoms with Crippen LogP contribution in [0.3, 0.4) is 0 Å². The third-order valence-corrected chi connectivity index (χ3v) is 3.39. The van der Waals surface area contributed by atoms with Crippen molar-refractivity contribution in [1.29, 1.82) is 0 Å². The molecule has 1 aliphatic heterocycles. The minimum Gasteiger partial charge on any atom is -0.389 e. The Kier molecular flexibility index (Phi) is 3.48. The van der Waals surface area contributed by atoms with Crippen molar-refractivity contribution >= 4 is 11.6 Å². The van der Waals surface area contributed by atoms with Crippen LogP contribution >= 0.6 is 0 Å². The number of ether oxygens (including phenoxy) is 1. The van der Waals surface area contributed by atoms with E-state index in [0.29, 0.717) is 18.8 Å². The number of H-pyrrole nitrogens is 1. The first-order chi connectivity index (χ1) is 10.1. The Morgan fingerprint density at radius 1 is 1.57 bits per heavy atom. The minimum absolute atomic E-state index is 0.0246. The summed E-state index contributed by atoms with van der Waals surface area (Å²) in [7, 11) is 0. The van der Waals surface area contributed by atoms with E-state index in [0.717, 1.165) is 5.69 Å². The van der Waals surface area contributed by atoms with Crippen molar-refractivity contribution in [3.8, 4) is 0 Å². The van der Waals surface area contributed by atoms with Gasteiger partial charge in [-0.05, 0) is 6.92 Å². The average molecular weight is 292 g/mol. The van der Waals surface area contributed by atoms with Crippen LogP contribution in [0.2, 0.25) is 0 Å². The molecular weight excluding hydrogens is 276 g/mol. The molecule has 2 aromatic heterocycles. The lowest BCUT2D eigenvalue weighted by Crippen LogP contribution is -2.40. The van der Waals surface area contributed by atoms with E-state index in [4.69, 9.17) is 4.74 Å². The smallest absolute Gasteiger partial charge is 0.285 e. The number of aryl methyl sites for hydroxylation is 1. The van der Waals surface area contributed by atoms with E-state index in [1.54, 1.807) is 13.0 Å². The number of fused-ring (bicyclic) bond motifs is 1. The number of aliphatic hydroxyl groups excluding tert-OH is 1. The molecule has 1 fully saturated rings. The minimum atomic E-state index is -0.747. The number of nitrogens with one attached hydrogen (secondary N) is 1. The van der Waals surface area contributed by atoms with Gasteiger partial charge in [0.1, 0.15) is 5.56 Å². The lowest BCUT2D eigenvalue weighted by atomic mass is 10.2. The number of rotatable bonds is 1. The summed E-state index contributed by atoms with van der Waals surface area (Å²) >= 11 is 0. The van der Waals surface area contributed by atoms with Crippen LogP contribution in [0.5, 0.6) is 0 Å². The topological polar surface area (TPSA) is 99.9 Å². The van der Waals surface area contributed by atoms with E-state index in [1.807, 2.05) is 0 Å². The van der Waals surface area contributed by atoms with Gasteiger partial charge in [-0.1, -0.05) is 0 Å². The maximum absolute atomic E-state index is 12.5. The van der Waals surface area contributed by atoms with Crippen molar-refractivity contribution in [3.05, 3.63) is 33.9 Å². The first kappa shape index (κ1) is 13.8. The van der Waals surface area contributed by atoms with Crippen LogP contribution in [0.15, 0.2) is 17.1 Å². The van der Waals surface area contributed by atoms with Gasteiger partial charge in [-0.15, -0.1) is 0 Å². The van der Waals surface area contributed by atoms with Crippen LogP contribution in [0, 0.1) is 6.92 Å². The van der Waals surface area contributed by atoms with Crippen molar-refractivity contribution in [3.63, 3.8) is 0 Å². The molecule has 1 amide bonds. The summed E-state index contributed by atoms with van der Waals surface area (Å²) < 4.78 is 6.42. The Labute approximate surface area is 119 Å². The van der Waals surface area contributed by atoms with Crippen LogP contribution in [0.25, 0.3) is 5.65 Å². The van der Waals surface area contributed by atoms with E-state index in [1.165, 1.54) is 15.6 Å². The number of hydrogen-bond acceptors (Lipinski definition) is 5. The standard InChI is InChI=1S/C13H16N4O4/c1-8-4-11-14-5-10(13(20)17(11)15-8)12(19)16-2-3-21-7-9(18)6-16/h4-5,9,15,18H,2-3,6-7H2,1H3/t9-/m1/s1. The molecule has 0 saturated carbocycles. The fourth-order valence-corrected chi connectivity index (χ4v) is 2.37. The normalized spacial score (nSPS) is 19.7. The number of nitrogens with zero attached hydrogens (tertiary/aromatic N) is 3. The molecule has 1 aliphatic rings. The summed E-state index contributed by atoms with van der Waals surface area (Å²) in [6.45, 7) is 2.81. The molecule has 0 radical (unpaired) electrons. The quantitative estimate of drug-likeness (QED) is 0.714. The van der Waals surface area contributed by atoms with Crippen molar-refractivity contribution in [2.45, 2.75) is 13.0 Å². The second-order valence-corrected chi connectivity index (χ2v) is 5.09. The molecule has 8 nitrogen and oxygen atoms in total. The summed E-state index contributed by atoms with van der Waals surface area (Å²) in [5.74, 6) is -0.446. The fourth-order valence-electron chi connectivity index (χ4n) is 2.37. The summed E-state index contributed by atoms with van der Waals surface area (Å²) in [4.78, 5) is 30.3. The molecule has 2 N–H and O–H groups in total. The van der Waals surface area contributed by atoms with Crippen LogP contribution < -0.4 is 5.56 Å². The van der Waals surface area contributed by atoms with Gasteiger partial charge in [-0.2, -0.15) is 0 Å². The summed E-state index contributed by atoms with van der Waals surface area (Å²) in [5, 5.41) is 12.5. The highest BCUT2D eigenvalue weighted by Crippen LogP contribution is 2.06. The lowest BCUT2D eigenvalue weighted by Gasteiger charge is -2.20. The van der Waals surface area contributed by atoms with Gasteiger partial charge in [0.25, 0.3) is 11.5 Å². The van der Waals surface area contributed by atoms with Gasteiger partial charge in [0.05, 0.1) is 19.3 Å². The molecule has 8 heteroatoms. The molecule has 0 aromatic carbocycles. The van der Waals surface area contributed by atoms with Crippen LogP contribution in [-0.4, -0.2) is 62.9 Å². The van der Waals surface area contributed by atoms with Crippen LogP contribution in [0.1, 0.15) is 16.1 Å². The fraction of sp³-hybridized carbons (Fsp3) is 0.462. The van der Waals surface area contributed by atoms with Gasteiger partial charge >= 0.3 is 0 Å². The maximum Gasteiger partial charge on any atom is 0.285 e. The molecule has 0 spiro atoms. The number of aromatic nitrogens is 3. The molecule has 2 aromatic rings. The van der Waals surface area contributed by atoms with Crippen LogP contribution in [0.4, 0.5) is 0 Å². The third-order valence-electron chi connectivity index (χ3n) is 3.39. The van der Waals surface area contributed by atoms with E-state index in [2.05, 4.69) is 10.1 Å². The Morgan fingerprint density at radius 3 is 3.19 bits per heavy atom. The van der Waals surface area contributed by atoms with Gasteiger partial charge in [0.2, 0.25) is 0 Å².